The van der Waals surface area contributed by atoms with Gasteiger partial charge in [0, 0.05) is 26.2 Å². The third-order valence-electron chi connectivity index (χ3n) is 3.87. The number of nitrogens with zero attached hydrogens (tertiary/aromatic N) is 1. The Morgan fingerprint density at radius 1 is 1.31 bits per heavy atom. The molecule has 2 fully saturated rings. The van der Waals surface area contributed by atoms with E-state index in [2.05, 4.69) is 5.32 Å². The van der Waals surface area contributed by atoms with Gasteiger partial charge in [-0.25, -0.2) is 0 Å². The van der Waals surface area contributed by atoms with Crippen molar-refractivity contribution in [3.05, 3.63) is 0 Å². The van der Waals surface area contributed by atoms with Gasteiger partial charge < -0.3 is 15.3 Å². The van der Waals surface area contributed by atoms with Crippen LogP contribution in [-0.4, -0.2) is 48.7 Å². The van der Waals surface area contributed by atoms with E-state index in [0.29, 0.717) is 11.8 Å². The van der Waals surface area contributed by atoms with Crippen molar-refractivity contribution in [2.75, 3.05) is 32.8 Å². The number of aliphatic hydroxyl groups excluding tert-OH is 1. The van der Waals surface area contributed by atoms with Crippen LogP contribution in [0, 0.1) is 11.8 Å². The van der Waals surface area contributed by atoms with Gasteiger partial charge in [-0.3, -0.25) is 4.79 Å². The smallest absolute Gasteiger partial charge is 0.227 e. The van der Waals surface area contributed by atoms with Crippen LogP contribution in [0.15, 0.2) is 0 Å². The molecule has 92 valence electrons. The van der Waals surface area contributed by atoms with Gasteiger partial charge in [-0.15, -0.1) is 0 Å². The Labute approximate surface area is 97.0 Å². The molecule has 2 rings (SSSR count). The molecule has 1 amide bonds. The van der Waals surface area contributed by atoms with Crippen LogP contribution in [-0.2, 0) is 4.79 Å². The number of aliphatic hydroxyl groups is 1. The number of carbonyl (C=O) groups excluding carboxylic acids is 1. The van der Waals surface area contributed by atoms with E-state index in [1.807, 2.05) is 4.90 Å². The summed E-state index contributed by atoms with van der Waals surface area (Å²) in [4.78, 5) is 14.1. The van der Waals surface area contributed by atoms with Crippen molar-refractivity contribution in [1.82, 2.24) is 10.2 Å². The van der Waals surface area contributed by atoms with Gasteiger partial charge in [0.15, 0.2) is 0 Å². The molecule has 0 bridgehead atoms. The second-order valence-corrected chi connectivity index (χ2v) is 4.97. The van der Waals surface area contributed by atoms with E-state index in [-0.39, 0.29) is 12.5 Å². The molecule has 0 aromatic carbocycles. The quantitative estimate of drug-likeness (QED) is 0.723. The molecule has 0 aromatic rings. The molecule has 0 spiro atoms. The molecular formula is C12H22N2O2. The van der Waals surface area contributed by atoms with E-state index in [0.717, 1.165) is 51.9 Å². The number of hydrogen-bond donors (Lipinski definition) is 2. The fraction of sp³-hybridized carbons (Fsp3) is 0.917. The lowest BCUT2D eigenvalue weighted by molar-refractivity contribution is -0.136. The normalized spacial score (nSPS) is 27.3. The summed E-state index contributed by atoms with van der Waals surface area (Å²) in [5.41, 5.74) is 0. The Balaban J connectivity index is 1.77. The number of carbonyl (C=O) groups is 1. The maximum absolute atomic E-state index is 12.1. The van der Waals surface area contributed by atoms with Crippen molar-refractivity contribution in [3.8, 4) is 0 Å². The fourth-order valence-electron chi connectivity index (χ4n) is 2.75. The van der Waals surface area contributed by atoms with Crippen LogP contribution in [0.2, 0.25) is 0 Å². The summed E-state index contributed by atoms with van der Waals surface area (Å²) in [5, 5.41) is 12.1. The minimum atomic E-state index is 0.217. The van der Waals surface area contributed by atoms with Crippen molar-refractivity contribution in [1.29, 1.82) is 0 Å². The molecule has 2 N–H and O–H groups in total. The highest BCUT2D eigenvalue weighted by Gasteiger charge is 2.29. The Hall–Kier alpha value is -0.610. The first-order chi connectivity index (χ1) is 7.81. The van der Waals surface area contributed by atoms with Gasteiger partial charge in [0.2, 0.25) is 5.91 Å². The van der Waals surface area contributed by atoms with Gasteiger partial charge in [0.1, 0.15) is 0 Å². The molecule has 2 saturated heterocycles. The molecule has 0 radical (unpaired) electrons. The third kappa shape index (κ3) is 2.74. The largest absolute Gasteiger partial charge is 0.396 e. The number of piperidine rings is 1. The predicted octanol–water partition coefficient (Wildman–Crippen LogP) is 0.217. The summed E-state index contributed by atoms with van der Waals surface area (Å²) in [6.45, 7) is 3.90. The average Bonchev–Trinajstić information content (AvgIpc) is 2.83. The Morgan fingerprint density at radius 2 is 2.06 bits per heavy atom. The first kappa shape index (κ1) is 11.9. The highest BCUT2D eigenvalue weighted by Crippen LogP contribution is 2.22. The minimum absolute atomic E-state index is 0.217. The molecule has 0 aliphatic carbocycles. The van der Waals surface area contributed by atoms with Crippen LogP contribution >= 0.6 is 0 Å². The number of rotatable bonds is 3. The van der Waals surface area contributed by atoms with Gasteiger partial charge in [-0.2, -0.15) is 0 Å². The van der Waals surface area contributed by atoms with Gasteiger partial charge in [-0.1, -0.05) is 0 Å². The molecule has 2 aliphatic rings. The summed E-state index contributed by atoms with van der Waals surface area (Å²) >= 11 is 0. The fourth-order valence-corrected chi connectivity index (χ4v) is 2.75. The molecule has 16 heavy (non-hydrogen) atoms. The summed E-state index contributed by atoms with van der Waals surface area (Å²) < 4.78 is 0. The second-order valence-electron chi connectivity index (χ2n) is 4.97. The van der Waals surface area contributed by atoms with Crippen LogP contribution in [0.5, 0.6) is 0 Å². The lowest BCUT2D eigenvalue weighted by Crippen LogP contribution is -2.42. The maximum atomic E-state index is 12.1. The lowest BCUT2D eigenvalue weighted by atomic mass is 9.93. The number of hydrogen-bond acceptors (Lipinski definition) is 3. The predicted molar refractivity (Wildman–Crippen MR) is 62.0 cm³/mol. The van der Waals surface area contributed by atoms with Crippen LogP contribution in [0.25, 0.3) is 0 Å². The molecule has 1 atom stereocenters. The minimum Gasteiger partial charge on any atom is -0.396 e. The number of nitrogens with one attached hydrogen (secondary N) is 1. The first-order valence-electron chi connectivity index (χ1n) is 6.41. The molecule has 0 saturated carbocycles. The van der Waals surface area contributed by atoms with Crippen molar-refractivity contribution in [3.63, 3.8) is 0 Å². The van der Waals surface area contributed by atoms with Gasteiger partial charge in [0.05, 0.1) is 5.92 Å². The van der Waals surface area contributed by atoms with E-state index in [1.54, 1.807) is 0 Å². The first-order valence-corrected chi connectivity index (χ1v) is 6.41. The van der Waals surface area contributed by atoms with Crippen molar-refractivity contribution >= 4 is 5.91 Å². The highest BCUT2D eigenvalue weighted by molar-refractivity contribution is 5.79. The van der Waals surface area contributed by atoms with E-state index in [4.69, 9.17) is 5.11 Å². The Morgan fingerprint density at radius 3 is 2.62 bits per heavy atom. The molecule has 0 unspecified atom stereocenters. The monoisotopic (exact) mass is 226 g/mol. The summed E-state index contributed by atoms with van der Waals surface area (Å²) in [7, 11) is 0. The Bertz CT molecular complexity index is 231. The standard InChI is InChI=1S/C12H22N2O2/c15-8-4-10-2-6-14(7-3-10)12(16)11-1-5-13-9-11/h10-11,13,15H,1-9H2/t11-/m0/s1. The van der Waals surface area contributed by atoms with Gasteiger partial charge >= 0.3 is 0 Å². The van der Waals surface area contributed by atoms with Gasteiger partial charge in [-0.05, 0) is 38.1 Å². The van der Waals surface area contributed by atoms with Crippen LogP contribution in [0.3, 0.4) is 0 Å². The molecule has 4 heteroatoms. The van der Waals surface area contributed by atoms with Crippen molar-refractivity contribution in [2.24, 2.45) is 11.8 Å². The van der Waals surface area contributed by atoms with E-state index in [1.165, 1.54) is 0 Å². The lowest BCUT2D eigenvalue weighted by Gasteiger charge is -2.33. The van der Waals surface area contributed by atoms with E-state index in [9.17, 15) is 4.79 Å². The van der Waals surface area contributed by atoms with E-state index >= 15 is 0 Å². The highest BCUT2D eigenvalue weighted by atomic mass is 16.3. The summed E-state index contributed by atoms with van der Waals surface area (Å²) in [5.74, 6) is 1.18. The van der Waals surface area contributed by atoms with Crippen molar-refractivity contribution in [2.45, 2.75) is 25.7 Å². The summed E-state index contributed by atoms with van der Waals surface area (Å²) in [6.07, 6.45) is 4.02. The van der Waals surface area contributed by atoms with Crippen molar-refractivity contribution < 1.29 is 9.90 Å². The molecule has 4 nitrogen and oxygen atoms in total. The van der Waals surface area contributed by atoms with Gasteiger partial charge in [0.25, 0.3) is 0 Å². The zero-order valence-electron chi connectivity index (χ0n) is 9.82. The Kier molecular flexibility index (Phi) is 4.18. The topological polar surface area (TPSA) is 52.6 Å². The molecule has 0 aromatic heterocycles. The second kappa shape index (κ2) is 5.64. The molecule has 2 heterocycles. The zero-order chi connectivity index (χ0) is 11.4. The third-order valence-corrected chi connectivity index (χ3v) is 3.87. The van der Waals surface area contributed by atoms with Crippen LogP contribution in [0.4, 0.5) is 0 Å². The average molecular weight is 226 g/mol. The molecule has 2 aliphatic heterocycles. The number of amides is 1. The SMILES string of the molecule is O=C([C@H]1CCNC1)N1CCC(CCO)CC1. The van der Waals surface area contributed by atoms with E-state index < -0.39 is 0 Å². The zero-order valence-corrected chi connectivity index (χ0v) is 9.82. The maximum Gasteiger partial charge on any atom is 0.227 e. The van der Waals surface area contributed by atoms with Crippen LogP contribution < -0.4 is 5.32 Å². The number of likely N-dealkylation sites (tertiary alicyclic amines) is 1. The van der Waals surface area contributed by atoms with Crippen LogP contribution in [0.1, 0.15) is 25.7 Å². The summed E-state index contributed by atoms with van der Waals surface area (Å²) in [6, 6.07) is 0. The molecular weight excluding hydrogens is 204 g/mol.